The van der Waals surface area contributed by atoms with Crippen LogP contribution in [0, 0.1) is 35.5 Å². The summed E-state index contributed by atoms with van der Waals surface area (Å²) < 4.78 is 0. The first-order valence-electron chi connectivity index (χ1n) is 14.6. The third-order valence-electron chi connectivity index (χ3n) is 9.28. The van der Waals surface area contributed by atoms with Gasteiger partial charge in [0.25, 0.3) is 0 Å². The fourth-order valence-electron chi connectivity index (χ4n) is 7.06. The summed E-state index contributed by atoms with van der Waals surface area (Å²) >= 11 is 0. The van der Waals surface area contributed by atoms with Gasteiger partial charge in [-0.15, -0.1) is 0 Å². The summed E-state index contributed by atoms with van der Waals surface area (Å²) in [6.45, 7) is 4.59. The van der Waals surface area contributed by atoms with Crippen LogP contribution >= 0.6 is 0 Å². The number of rotatable bonds is 11. The van der Waals surface area contributed by atoms with Gasteiger partial charge in [-0.2, -0.15) is 0 Å². The van der Waals surface area contributed by atoms with Crippen LogP contribution in [0.2, 0.25) is 0 Å². The molecule has 0 heterocycles. The van der Waals surface area contributed by atoms with Crippen molar-refractivity contribution in [2.24, 2.45) is 35.5 Å². The second-order valence-electron chi connectivity index (χ2n) is 11.6. The molecule has 0 unspecified atom stereocenters. The van der Waals surface area contributed by atoms with Crippen molar-refractivity contribution in [2.45, 2.75) is 136 Å². The van der Waals surface area contributed by atoms with Gasteiger partial charge in [0, 0.05) is 0 Å². The zero-order chi connectivity index (χ0) is 21.7. The van der Waals surface area contributed by atoms with Gasteiger partial charge < -0.3 is 0 Å². The average Bonchev–Trinajstić information content (AvgIpc) is 2.82. The normalized spacial score (nSPS) is 35.2. The van der Waals surface area contributed by atoms with Crippen LogP contribution in [0.4, 0.5) is 0 Å². The molecule has 3 saturated carbocycles. The van der Waals surface area contributed by atoms with Crippen molar-refractivity contribution in [1.29, 1.82) is 0 Å². The topological polar surface area (TPSA) is 0 Å². The van der Waals surface area contributed by atoms with Crippen molar-refractivity contribution in [3.05, 3.63) is 24.3 Å². The zero-order valence-corrected chi connectivity index (χ0v) is 21.2. The van der Waals surface area contributed by atoms with Crippen molar-refractivity contribution >= 4 is 0 Å². The van der Waals surface area contributed by atoms with Crippen LogP contribution in [0.5, 0.6) is 0 Å². The van der Waals surface area contributed by atoms with E-state index in [4.69, 9.17) is 0 Å². The van der Waals surface area contributed by atoms with Gasteiger partial charge in [0.05, 0.1) is 0 Å². The first-order valence-corrected chi connectivity index (χ1v) is 14.6. The van der Waals surface area contributed by atoms with Crippen molar-refractivity contribution in [2.75, 3.05) is 0 Å². The maximum atomic E-state index is 2.62. The number of hydrogen-bond donors (Lipinski definition) is 0. The monoisotopic (exact) mass is 426 g/mol. The minimum Gasteiger partial charge on any atom is -0.0885 e. The average molecular weight is 427 g/mol. The summed E-state index contributed by atoms with van der Waals surface area (Å²) in [6, 6.07) is 0. The van der Waals surface area contributed by atoms with E-state index in [2.05, 4.69) is 38.2 Å². The minimum absolute atomic E-state index is 0.887. The minimum atomic E-state index is 0.887. The van der Waals surface area contributed by atoms with Crippen LogP contribution in [0.1, 0.15) is 136 Å². The lowest BCUT2D eigenvalue weighted by Crippen LogP contribution is -2.25. The Morgan fingerprint density at radius 1 is 0.548 bits per heavy atom. The van der Waals surface area contributed by atoms with E-state index in [1.54, 1.807) is 25.7 Å². The molecule has 3 aliphatic carbocycles. The van der Waals surface area contributed by atoms with Crippen molar-refractivity contribution in [3.8, 4) is 0 Å². The molecule has 31 heavy (non-hydrogen) atoms. The molecule has 0 aromatic carbocycles. The van der Waals surface area contributed by atoms with Gasteiger partial charge >= 0.3 is 0 Å². The largest absolute Gasteiger partial charge is 0.0885 e. The highest BCUT2D eigenvalue weighted by atomic mass is 14.4. The summed E-state index contributed by atoms with van der Waals surface area (Å²) in [6.07, 6.45) is 37.9. The third-order valence-corrected chi connectivity index (χ3v) is 9.28. The van der Waals surface area contributed by atoms with Crippen LogP contribution < -0.4 is 0 Å². The molecule has 0 aromatic heterocycles. The van der Waals surface area contributed by atoms with E-state index in [0.717, 1.165) is 35.5 Å². The van der Waals surface area contributed by atoms with Crippen LogP contribution in [0.3, 0.4) is 0 Å². The molecule has 3 fully saturated rings. The first kappa shape index (κ1) is 25.1. The van der Waals surface area contributed by atoms with Gasteiger partial charge in [-0.1, -0.05) is 76.7 Å². The first-order chi connectivity index (χ1) is 15.3. The summed E-state index contributed by atoms with van der Waals surface area (Å²) in [4.78, 5) is 0. The molecule has 0 nitrogen and oxygen atoms in total. The molecule has 0 N–H and O–H groups in total. The second kappa shape index (κ2) is 14.6. The van der Waals surface area contributed by atoms with E-state index >= 15 is 0 Å². The smallest absolute Gasteiger partial charge is 0.0233 e. The number of hydrogen-bond acceptors (Lipinski definition) is 0. The second-order valence-corrected chi connectivity index (χ2v) is 11.6. The van der Waals surface area contributed by atoms with Gasteiger partial charge in [0.1, 0.15) is 0 Å². The predicted octanol–water partition coefficient (Wildman–Crippen LogP) is 10.3. The summed E-state index contributed by atoms with van der Waals surface area (Å²) in [7, 11) is 0. The van der Waals surface area contributed by atoms with Gasteiger partial charge in [0.15, 0.2) is 0 Å². The van der Waals surface area contributed by atoms with E-state index < -0.39 is 0 Å². The van der Waals surface area contributed by atoms with Crippen LogP contribution in [0.25, 0.3) is 0 Å². The fraction of sp³-hybridized carbons (Fsp3) is 0.871. The molecule has 0 radical (unpaired) electrons. The molecular formula is C31H54. The molecule has 0 saturated heterocycles. The maximum absolute atomic E-state index is 2.62. The molecule has 0 bridgehead atoms. The van der Waals surface area contributed by atoms with Crippen molar-refractivity contribution in [1.82, 2.24) is 0 Å². The lowest BCUT2D eigenvalue weighted by atomic mass is 9.68. The van der Waals surface area contributed by atoms with Crippen LogP contribution in [0.15, 0.2) is 24.3 Å². The van der Waals surface area contributed by atoms with Crippen LogP contribution in [-0.2, 0) is 0 Å². The third kappa shape index (κ3) is 9.09. The Morgan fingerprint density at radius 3 is 1.68 bits per heavy atom. The molecule has 0 aromatic rings. The fourth-order valence-corrected chi connectivity index (χ4v) is 7.06. The Labute approximate surface area is 195 Å². The predicted molar refractivity (Wildman–Crippen MR) is 138 cm³/mol. The molecule has 178 valence electrons. The molecule has 0 amide bonds. The van der Waals surface area contributed by atoms with Crippen molar-refractivity contribution < 1.29 is 0 Å². The Hall–Kier alpha value is -0.520. The molecule has 0 atom stereocenters. The van der Waals surface area contributed by atoms with Gasteiger partial charge in [-0.3, -0.25) is 0 Å². The highest BCUT2D eigenvalue weighted by molar-refractivity contribution is 4.94. The Bertz CT molecular complexity index is 490. The molecule has 0 heteroatoms. The number of unbranched alkanes of at least 4 members (excludes halogenated alkanes) is 2. The Morgan fingerprint density at radius 2 is 1.06 bits per heavy atom. The van der Waals surface area contributed by atoms with E-state index in [1.807, 2.05) is 0 Å². The molecule has 3 aliphatic rings. The Balaban J connectivity index is 1.24. The molecular weight excluding hydrogens is 372 g/mol. The highest BCUT2D eigenvalue weighted by Gasteiger charge is 2.30. The van der Waals surface area contributed by atoms with Crippen molar-refractivity contribution in [3.63, 3.8) is 0 Å². The standard InChI is InChI=1S/C31H54/c1-3-5-7-11-28-18-22-30(23-19-28)31-24-20-29(21-25-31)13-9-8-12-27-16-14-26(15-17-27)10-6-4-2/h6,9-10,13,26-31H,3-5,7-8,11-12,14-25H2,1-2H3/b10-6+,13-9+. The van der Waals surface area contributed by atoms with Crippen LogP contribution in [-0.4, -0.2) is 0 Å². The van der Waals surface area contributed by atoms with E-state index in [0.29, 0.717) is 0 Å². The maximum Gasteiger partial charge on any atom is -0.0233 e. The number of allylic oxidation sites excluding steroid dienone is 4. The van der Waals surface area contributed by atoms with E-state index in [-0.39, 0.29) is 0 Å². The summed E-state index contributed by atoms with van der Waals surface area (Å²) in [5.74, 6) is 6.01. The quantitative estimate of drug-likeness (QED) is 0.227. The van der Waals surface area contributed by atoms with Gasteiger partial charge in [-0.05, 0) is 119 Å². The van der Waals surface area contributed by atoms with Gasteiger partial charge in [-0.25, -0.2) is 0 Å². The summed E-state index contributed by atoms with van der Waals surface area (Å²) in [5.41, 5.74) is 0. The van der Waals surface area contributed by atoms with E-state index in [9.17, 15) is 0 Å². The molecule has 0 spiro atoms. The molecule has 3 rings (SSSR count). The SMILES string of the molecule is CC/C=C/C1CCC(CC/C=C/C2CCC(C3CCC(CCCCC)CC3)CC2)CC1. The lowest BCUT2D eigenvalue weighted by Gasteiger charge is -2.37. The lowest BCUT2D eigenvalue weighted by molar-refractivity contribution is 0.151. The van der Waals surface area contributed by atoms with Gasteiger partial charge in [0.2, 0.25) is 0 Å². The zero-order valence-electron chi connectivity index (χ0n) is 21.2. The molecule has 0 aliphatic heterocycles. The van der Waals surface area contributed by atoms with E-state index in [1.165, 1.54) is 96.3 Å². The highest BCUT2D eigenvalue weighted by Crippen LogP contribution is 2.42. The summed E-state index contributed by atoms with van der Waals surface area (Å²) in [5, 5.41) is 0. The Kier molecular flexibility index (Phi) is 11.8.